The summed E-state index contributed by atoms with van der Waals surface area (Å²) < 4.78 is 0. The smallest absolute Gasteiger partial charge is 0.265 e. The van der Waals surface area contributed by atoms with Gasteiger partial charge in [0.1, 0.15) is 0 Å². The number of nitrogens with zero attached hydrogens (tertiary/aromatic N) is 2. The Morgan fingerprint density at radius 2 is 1.05 bits per heavy atom. The van der Waals surface area contributed by atoms with E-state index < -0.39 is 0 Å². The Morgan fingerprint density at radius 1 is 0.544 bits per heavy atom. The Hall–Kier alpha value is -7.44. The van der Waals surface area contributed by atoms with Crippen LogP contribution in [0.5, 0.6) is 0 Å². The molecule has 57 heavy (non-hydrogen) atoms. The maximum Gasteiger partial charge on any atom is 0.265 e. The van der Waals surface area contributed by atoms with E-state index in [1.54, 1.807) is 30.3 Å². The average Bonchev–Trinajstić information content (AvgIpc) is 3.24. The number of benzene rings is 7. The quantitative estimate of drug-likeness (QED) is 0.126. The van der Waals surface area contributed by atoms with Crippen LogP contribution < -0.4 is 4.90 Å². The lowest BCUT2D eigenvalue weighted by molar-refractivity contribution is 0.0656. The van der Waals surface area contributed by atoms with Crippen LogP contribution in [0.2, 0.25) is 0 Å². The number of hydrogen-bond donors (Lipinski definition) is 0. The summed E-state index contributed by atoms with van der Waals surface area (Å²) >= 11 is 0. The summed E-state index contributed by atoms with van der Waals surface area (Å²) in [4.78, 5) is 57.9. The van der Waals surface area contributed by atoms with E-state index in [-0.39, 0.29) is 23.6 Å². The van der Waals surface area contributed by atoms with Crippen LogP contribution in [0.3, 0.4) is 0 Å². The molecule has 4 amide bonds. The second-order valence-electron chi connectivity index (χ2n) is 14.6. The number of anilines is 1. The van der Waals surface area contributed by atoms with E-state index in [1.807, 2.05) is 97.1 Å². The first-order valence-electron chi connectivity index (χ1n) is 19.0. The van der Waals surface area contributed by atoms with Crippen molar-refractivity contribution in [1.82, 2.24) is 4.90 Å². The second kappa shape index (κ2) is 13.1. The summed E-state index contributed by atoms with van der Waals surface area (Å²) in [6.07, 6.45) is 10.9. The molecule has 0 atom stereocenters. The topological polar surface area (TPSA) is 74.8 Å². The largest absolute Gasteiger partial charge is 0.268 e. The number of amides is 4. The number of fused-ring (bicyclic) bond motifs is 1. The Kier molecular flexibility index (Phi) is 7.83. The highest BCUT2D eigenvalue weighted by Gasteiger charge is 2.36. The normalized spacial score (nSPS) is 15.2. The van der Waals surface area contributed by atoms with Gasteiger partial charge in [0.2, 0.25) is 0 Å². The van der Waals surface area contributed by atoms with Gasteiger partial charge in [0.15, 0.2) is 0 Å². The lowest BCUT2D eigenvalue weighted by atomic mass is 9.81. The average molecular weight is 739 g/mol. The molecule has 0 radical (unpaired) electrons. The molecule has 6 nitrogen and oxygen atoms in total. The fraction of sp³-hybridized carbons (Fsp3) is 0.0588. The lowest BCUT2D eigenvalue weighted by Crippen LogP contribution is -2.40. The minimum Gasteiger partial charge on any atom is -0.268 e. The van der Waals surface area contributed by atoms with Crippen LogP contribution in [0.1, 0.15) is 71.0 Å². The van der Waals surface area contributed by atoms with Crippen LogP contribution >= 0.6 is 0 Å². The van der Waals surface area contributed by atoms with E-state index in [4.69, 9.17) is 0 Å². The molecule has 0 bridgehead atoms. The van der Waals surface area contributed by atoms with Crippen LogP contribution in [0.15, 0.2) is 158 Å². The van der Waals surface area contributed by atoms with Gasteiger partial charge in [-0.3, -0.25) is 19.2 Å². The number of allylic oxidation sites excluding steroid dienone is 6. The van der Waals surface area contributed by atoms with Gasteiger partial charge in [-0.2, -0.15) is 0 Å². The molecule has 0 saturated heterocycles. The molecule has 2 heterocycles. The van der Waals surface area contributed by atoms with Crippen LogP contribution in [0.25, 0.3) is 55.1 Å². The van der Waals surface area contributed by atoms with Crippen LogP contribution in [0.4, 0.5) is 5.69 Å². The maximum atomic E-state index is 13.8. The van der Waals surface area contributed by atoms with Gasteiger partial charge < -0.3 is 0 Å². The van der Waals surface area contributed by atoms with Crippen LogP contribution in [0, 0.1) is 6.92 Å². The second-order valence-corrected chi connectivity index (χ2v) is 14.6. The van der Waals surface area contributed by atoms with E-state index in [2.05, 4.69) is 37.8 Å². The fourth-order valence-corrected chi connectivity index (χ4v) is 9.04. The van der Waals surface area contributed by atoms with E-state index in [1.165, 1.54) is 9.80 Å². The molecule has 2 aliphatic heterocycles. The van der Waals surface area contributed by atoms with Crippen molar-refractivity contribution in [3.05, 3.63) is 197 Å². The van der Waals surface area contributed by atoms with Crippen molar-refractivity contribution in [3.63, 3.8) is 0 Å². The summed E-state index contributed by atoms with van der Waals surface area (Å²) in [5, 5.41) is 5.27. The summed E-state index contributed by atoms with van der Waals surface area (Å²) in [6, 6.07) is 38.2. The lowest BCUT2D eigenvalue weighted by Gasteiger charge is -2.31. The zero-order valence-electron chi connectivity index (χ0n) is 31.1. The molecule has 7 aromatic carbocycles. The molecular formula is C51H34N2O4. The van der Waals surface area contributed by atoms with Gasteiger partial charge >= 0.3 is 0 Å². The SMILES string of the molecule is C=C/C=C\c1c(C)c(C2=CC=C(N3C(=O)c4cccc5cccc(c45)C3=O)CC2)c2ccccc2c1-c1ccc(N2C(=O)c3cccc4cccc(c34)C2=O)cc1. The zero-order chi connectivity index (χ0) is 38.9. The van der Waals surface area contributed by atoms with Gasteiger partial charge in [0, 0.05) is 38.7 Å². The number of hydrogen-bond acceptors (Lipinski definition) is 4. The standard InChI is InChI=1S/C51H34N2O4/c1-3-4-15-37-30(2)44(33-22-26-35(27-23-33)52-48(54)40-18-7-11-31-12-8-19-41(46(31)40)49(52)55)38-16-5-6-17-39(38)45(37)34-24-28-36(29-25-34)53-50(56)42-20-9-13-32-14-10-21-43(47(32)42)51(53)57/h3-22,24-26,28-29H,1,23,27H2,2H3/b15-4-. The predicted molar refractivity (Wildman–Crippen MR) is 228 cm³/mol. The van der Waals surface area contributed by atoms with Crippen molar-refractivity contribution in [3.8, 4) is 11.1 Å². The van der Waals surface area contributed by atoms with Crippen molar-refractivity contribution < 1.29 is 19.2 Å². The van der Waals surface area contributed by atoms with Crippen molar-refractivity contribution >= 4 is 73.3 Å². The molecule has 6 heteroatoms. The first kappa shape index (κ1) is 34.1. The molecule has 7 aromatic rings. The van der Waals surface area contributed by atoms with E-state index in [9.17, 15) is 19.2 Å². The minimum atomic E-state index is -0.341. The molecule has 0 spiro atoms. The zero-order valence-corrected chi connectivity index (χ0v) is 31.1. The highest BCUT2D eigenvalue weighted by molar-refractivity contribution is 6.36. The van der Waals surface area contributed by atoms with Gasteiger partial charge in [-0.25, -0.2) is 9.80 Å². The molecule has 0 fully saturated rings. The molecule has 0 unspecified atom stereocenters. The highest BCUT2D eigenvalue weighted by Crippen LogP contribution is 2.44. The van der Waals surface area contributed by atoms with Gasteiger partial charge in [-0.1, -0.05) is 116 Å². The number of carbonyl (C=O) groups is 4. The van der Waals surface area contributed by atoms with E-state index in [0.717, 1.165) is 54.9 Å². The first-order chi connectivity index (χ1) is 27.9. The highest BCUT2D eigenvalue weighted by atomic mass is 16.2. The van der Waals surface area contributed by atoms with Crippen molar-refractivity contribution in [1.29, 1.82) is 0 Å². The molecular weight excluding hydrogens is 705 g/mol. The Morgan fingerprint density at radius 3 is 1.54 bits per heavy atom. The summed E-state index contributed by atoms with van der Waals surface area (Å²) in [5.41, 5.74) is 9.55. The monoisotopic (exact) mass is 738 g/mol. The van der Waals surface area contributed by atoms with E-state index in [0.29, 0.717) is 57.3 Å². The summed E-state index contributed by atoms with van der Waals surface area (Å²) in [6.45, 7) is 6.07. The minimum absolute atomic E-state index is 0.294. The Labute approximate surface area is 329 Å². The molecule has 0 N–H and O–H groups in total. The summed E-state index contributed by atoms with van der Waals surface area (Å²) in [5.74, 6) is -1.27. The Bertz CT molecular complexity index is 2970. The summed E-state index contributed by atoms with van der Waals surface area (Å²) in [7, 11) is 0. The van der Waals surface area contributed by atoms with Crippen LogP contribution in [-0.2, 0) is 0 Å². The third-order valence-corrected chi connectivity index (χ3v) is 11.6. The maximum absolute atomic E-state index is 13.8. The third kappa shape index (κ3) is 5.11. The van der Waals surface area contributed by atoms with Gasteiger partial charge in [0.05, 0.1) is 5.69 Å². The molecule has 1 aliphatic carbocycles. The van der Waals surface area contributed by atoms with Crippen molar-refractivity contribution in [2.75, 3.05) is 4.90 Å². The van der Waals surface area contributed by atoms with E-state index >= 15 is 0 Å². The number of rotatable bonds is 6. The Balaban J connectivity index is 1.05. The van der Waals surface area contributed by atoms with Gasteiger partial charge in [-0.05, 0) is 117 Å². The molecule has 272 valence electrons. The van der Waals surface area contributed by atoms with Crippen molar-refractivity contribution in [2.24, 2.45) is 0 Å². The molecule has 0 aromatic heterocycles. The first-order valence-corrected chi connectivity index (χ1v) is 19.0. The van der Waals surface area contributed by atoms with Crippen LogP contribution in [-0.4, -0.2) is 28.5 Å². The molecule has 3 aliphatic rings. The third-order valence-electron chi connectivity index (χ3n) is 11.6. The van der Waals surface area contributed by atoms with Gasteiger partial charge in [-0.15, -0.1) is 0 Å². The molecule has 10 rings (SSSR count). The number of imide groups is 2. The number of carbonyl (C=O) groups excluding carboxylic acids is 4. The molecule has 0 saturated carbocycles. The van der Waals surface area contributed by atoms with Gasteiger partial charge in [0.25, 0.3) is 23.6 Å². The van der Waals surface area contributed by atoms with Crippen molar-refractivity contribution in [2.45, 2.75) is 19.8 Å². The fourth-order valence-electron chi connectivity index (χ4n) is 9.04. The predicted octanol–water partition coefficient (Wildman–Crippen LogP) is 11.5.